The van der Waals surface area contributed by atoms with Crippen LogP contribution in [0, 0.1) is 6.92 Å². The molecule has 0 bridgehead atoms. The van der Waals surface area contributed by atoms with E-state index in [2.05, 4.69) is 25.3 Å². The number of amides is 1. The van der Waals surface area contributed by atoms with Crippen LogP contribution in [-0.2, 0) is 22.5 Å². The van der Waals surface area contributed by atoms with Gasteiger partial charge in [0.15, 0.2) is 10.9 Å². The van der Waals surface area contributed by atoms with Gasteiger partial charge in [-0.1, -0.05) is 62.0 Å². The molecule has 0 spiro atoms. The van der Waals surface area contributed by atoms with E-state index in [-0.39, 0.29) is 16.9 Å². The van der Waals surface area contributed by atoms with Crippen molar-refractivity contribution in [2.24, 2.45) is 7.05 Å². The molecule has 1 amide bonds. The number of nitrogens with one attached hydrogen (secondary N) is 2. The molecule has 5 aromatic rings. The highest BCUT2D eigenvalue weighted by Crippen LogP contribution is 2.39. The van der Waals surface area contributed by atoms with Gasteiger partial charge in [0, 0.05) is 17.5 Å². The van der Waals surface area contributed by atoms with Crippen LogP contribution in [-0.4, -0.2) is 52.2 Å². The average molecular weight is 646 g/mol. The van der Waals surface area contributed by atoms with E-state index in [1.54, 1.807) is 53.1 Å². The van der Waals surface area contributed by atoms with E-state index >= 15 is 0 Å². The summed E-state index contributed by atoms with van der Waals surface area (Å²) in [4.78, 5) is 19.2. The highest BCUT2D eigenvalue weighted by Gasteiger charge is 2.23. The highest BCUT2D eigenvalue weighted by atomic mass is 32.2. The fourth-order valence-electron chi connectivity index (χ4n) is 4.66. The summed E-state index contributed by atoms with van der Waals surface area (Å²) in [5.41, 5.74) is 4.42. The number of hydrogen-bond donors (Lipinski definition) is 2. The molecule has 0 aliphatic rings. The van der Waals surface area contributed by atoms with Crippen molar-refractivity contribution >= 4 is 39.1 Å². The summed E-state index contributed by atoms with van der Waals surface area (Å²) < 4.78 is 35.9. The number of aryl methyl sites for hydroxylation is 1. The van der Waals surface area contributed by atoms with E-state index in [1.807, 2.05) is 75.7 Å². The standard InChI is InChI=1S/C32H35N7O4S2/c1-20-13-14-21(30(40)34-24-16-22(32(2,3)4)17-25(29(24)43-6)36-45(7,41)42)15-27(20)39-19-26(35-37-39)28-18-33-31(38(28)5)44-23-11-9-8-10-12-23/h8-19,36H,1-7H3,(H,34,40). The van der Waals surface area contributed by atoms with Crippen molar-refractivity contribution < 1.29 is 17.9 Å². The van der Waals surface area contributed by atoms with Crippen LogP contribution in [0.3, 0.4) is 0 Å². The molecule has 2 aromatic heterocycles. The molecule has 45 heavy (non-hydrogen) atoms. The lowest BCUT2D eigenvalue weighted by atomic mass is 9.86. The highest BCUT2D eigenvalue weighted by molar-refractivity contribution is 7.99. The zero-order valence-corrected chi connectivity index (χ0v) is 27.7. The van der Waals surface area contributed by atoms with Gasteiger partial charge in [-0.25, -0.2) is 18.1 Å². The number of methoxy groups -OCH3 is 1. The van der Waals surface area contributed by atoms with Gasteiger partial charge in [-0.2, -0.15) is 0 Å². The van der Waals surface area contributed by atoms with Gasteiger partial charge in [0.05, 0.1) is 48.5 Å². The summed E-state index contributed by atoms with van der Waals surface area (Å²) in [5.74, 6) is -0.198. The molecule has 0 saturated heterocycles. The average Bonchev–Trinajstić information content (AvgIpc) is 3.59. The number of ether oxygens (including phenoxy) is 1. The predicted octanol–water partition coefficient (Wildman–Crippen LogP) is 6.06. The minimum atomic E-state index is -3.61. The fourth-order valence-corrected chi connectivity index (χ4v) is 6.06. The van der Waals surface area contributed by atoms with Gasteiger partial charge >= 0.3 is 0 Å². The monoisotopic (exact) mass is 645 g/mol. The fraction of sp³-hybridized carbons (Fsp3) is 0.250. The van der Waals surface area contributed by atoms with E-state index in [1.165, 1.54) is 7.11 Å². The number of hydrogen-bond acceptors (Lipinski definition) is 8. The number of rotatable bonds is 9. The quantitative estimate of drug-likeness (QED) is 0.198. The van der Waals surface area contributed by atoms with Crippen LogP contribution in [0.15, 0.2) is 83.1 Å². The molecule has 11 nitrogen and oxygen atoms in total. The SMILES string of the molecule is COc1c(NC(=O)c2ccc(C)c(-n3cc(-c4cnc(Sc5ccccc5)n4C)nn3)c2)cc(C(C)(C)C)cc1NS(C)(=O)=O. The summed E-state index contributed by atoms with van der Waals surface area (Å²) in [6, 6.07) is 18.8. The molecule has 0 aliphatic heterocycles. The molecule has 0 aliphatic carbocycles. The van der Waals surface area contributed by atoms with Crippen LogP contribution < -0.4 is 14.8 Å². The van der Waals surface area contributed by atoms with Crippen LogP contribution in [0.5, 0.6) is 5.75 Å². The maximum atomic E-state index is 13.6. The normalized spacial score (nSPS) is 11.8. The maximum absolute atomic E-state index is 13.6. The second-order valence-electron chi connectivity index (χ2n) is 11.6. The van der Waals surface area contributed by atoms with Crippen molar-refractivity contribution in [1.29, 1.82) is 0 Å². The zero-order chi connectivity index (χ0) is 32.5. The van der Waals surface area contributed by atoms with Gasteiger partial charge < -0.3 is 14.6 Å². The third kappa shape index (κ3) is 7.21. The number of nitrogens with zero attached hydrogens (tertiary/aromatic N) is 5. The largest absolute Gasteiger partial charge is 0.492 e. The molecular weight excluding hydrogens is 611 g/mol. The molecule has 3 aromatic carbocycles. The van der Waals surface area contributed by atoms with Crippen molar-refractivity contribution in [3.05, 3.63) is 89.7 Å². The molecule has 234 valence electrons. The Labute approximate surface area is 267 Å². The summed E-state index contributed by atoms with van der Waals surface area (Å²) in [7, 11) is -0.253. The molecule has 0 radical (unpaired) electrons. The predicted molar refractivity (Wildman–Crippen MR) is 177 cm³/mol. The van der Waals surface area contributed by atoms with E-state index < -0.39 is 15.9 Å². The first kappa shape index (κ1) is 31.8. The van der Waals surface area contributed by atoms with Crippen molar-refractivity contribution in [1.82, 2.24) is 24.5 Å². The van der Waals surface area contributed by atoms with E-state index in [0.717, 1.165) is 33.1 Å². The molecular formula is C32H35N7O4S2. The minimum Gasteiger partial charge on any atom is -0.492 e. The van der Waals surface area contributed by atoms with Gasteiger partial charge in [0.1, 0.15) is 5.69 Å². The zero-order valence-electron chi connectivity index (χ0n) is 26.1. The second kappa shape index (κ2) is 12.4. The maximum Gasteiger partial charge on any atom is 0.255 e. The Morgan fingerprint density at radius 1 is 1.02 bits per heavy atom. The Bertz CT molecular complexity index is 1980. The topological polar surface area (TPSA) is 133 Å². The number of carbonyl (C=O) groups excluding carboxylic acids is 1. The number of sulfonamides is 1. The lowest BCUT2D eigenvalue weighted by Crippen LogP contribution is -2.18. The molecule has 0 atom stereocenters. The smallest absolute Gasteiger partial charge is 0.255 e. The summed E-state index contributed by atoms with van der Waals surface area (Å²) in [6.45, 7) is 7.92. The first-order valence-corrected chi connectivity index (χ1v) is 16.7. The first-order valence-electron chi connectivity index (χ1n) is 14.0. The van der Waals surface area contributed by atoms with Crippen LogP contribution >= 0.6 is 11.8 Å². The number of benzene rings is 3. The van der Waals surface area contributed by atoms with Crippen LogP contribution in [0.25, 0.3) is 17.1 Å². The number of imidazole rings is 1. The Balaban J connectivity index is 1.44. The number of carbonyl (C=O) groups is 1. The summed E-state index contributed by atoms with van der Waals surface area (Å²) in [6.07, 6.45) is 4.63. The number of anilines is 2. The van der Waals surface area contributed by atoms with Gasteiger partial charge in [-0.15, -0.1) is 5.10 Å². The van der Waals surface area contributed by atoms with Gasteiger partial charge in [0.2, 0.25) is 10.0 Å². The Morgan fingerprint density at radius 2 is 1.73 bits per heavy atom. The molecule has 0 fully saturated rings. The molecule has 5 rings (SSSR count). The lowest BCUT2D eigenvalue weighted by Gasteiger charge is -2.24. The summed E-state index contributed by atoms with van der Waals surface area (Å²) in [5, 5.41) is 12.5. The van der Waals surface area contributed by atoms with Crippen molar-refractivity contribution in [3.63, 3.8) is 0 Å². The molecule has 0 unspecified atom stereocenters. The molecule has 0 saturated carbocycles. The third-order valence-electron chi connectivity index (χ3n) is 7.07. The van der Waals surface area contributed by atoms with E-state index in [0.29, 0.717) is 22.6 Å². The Hall–Kier alpha value is -4.62. The third-order valence-corrected chi connectivity index (χ3v) is 8.73. The van der Waals surface area contributed by atoms with Crippen molar-refractivity contribution in [2.75, 3.05) is 23.4 Å². The molecule has 13 heteroatoms. The molecule has 2 N–H and O–H groups in total. The first-order chi connectivity index (χ1) is 21.2. The van der Waals surface area contributed by atoms with Crippen molar-refractivity contribution in [3.8, 4) is 22.8 Å². The molecule has 2 heterocycles. The van der Waals surface area contributed by atoms with Crippen LogP contribution in [0.2, 0.25) is 0 Å². The van der Waals surface area contributed by atoms with E-state index in [9.17, 15) is 13.2 Å². The van der Waals surface area contributed by atoms with E-state index in [4.69, 9.17) is 4.74 Å². The van der Waals surface area contributed by atoms with Crippen molar-refractivity contribution in [2.45, 2.75) is 43.2 Å². The number of aromatic nitrogens is 5. The summed E-state index contributed by atoms with van der Waals surface area (Å²) >= 11 is 1.56. The van der Waals surface area contributed by atoms with Gasteiger partial charge in [-0.3, -0.25) is 9.52 Å². The Morgan fingerprint density at radius 3 is 2.40 bits per heavy atom. The lowest BCUT2D eigenvalue weighted by molar-refractivity contribution is 0.102. The Kier molecular flexibility index (Phi) is 8.77. The second-order valence-corrected chi connectivity index (χ2v) is 14.4. The van der Waals surface area contributed by atoms with Crippen LogP contribution in [0.1, 0.15) is 42.3 Å². The van der Waals surface area contributed by atoms with Gasteiger partial charge in [0.25, 0.3) is 5.91 Å². The van der Waals surface area contributed by atoms with Crippen LogP contribution in [0.4, 0.5) is 11.4 Å². The van der Waals surface area contributed by atoms with Gasteiger partial charge in [-0.05, 0) is 59.9 Å². The minimum absolute atomic E-state index is 0.205.